The highest BCUT2D eigenvalue weighted by Crippen LogP contribution is 2.29. The molecule has 0 atom stereocenters. The van der Waals surface area contributed by atoms with Gasteiger partial charge in [0.25, 0.3) is 0 Å². The number of anilines is 2. The van der Waals surface area contributed by atoms with E-state index < -0.39 is 10.0 Å². The van der Waals surface area contributed by atoms with Crippen LogP contribution < -0.4 is 10.5 Å². The Morgan fingerprint density at radius 3 is 2.71 bits per heavy atom. The van der Waals surface area contributed by atoms with Crippen molar-refractivity contribution >= 4 is 21.5 Å². The van der Waals surface area contributed by atoms with E-state index >= 15 is 0 Å². The van der Waals surface area contributed by atoms with Crippen molar-refractivity contribution in [3.63, 3.8) is 0 Å². The number of hydrogen-bond donors (Lipinski definition) is 2. The molecule has 1 heterocycles. The second kappa shape index (κ2) is 4.91. The van der Waals surface area contributed by atoms with E-state index in [1.807, 2.05) is 0 Å². The zero-order chi connectivity index (χ0) is 12.3. The van der Waals surface area contributed by atoms with E-state index in [-0.39, 0.29) is 5.75 Å². The van der Waals surface area contributed by atoms with Gasteiger partial charge in [-0.2, -0.15) is 0 Å². The van der Waals surface area contributed by atoms with Crippen molar-refractivity contribution < 1.29 is 8.42 Å². The Kier molecular flexibility index (Phi) is 3.51. The van der Waals surface area contributed by atoms with Crippen molar-refractivity contribution in [2.24, 2.45) is 5.92 Å². The number of aromatic nitrogens is 1. The average molecular weight is 255 g/mol. The van der Waals surface area contributed by atoms with Crippen LogP contribution >= 0.6 is 0 Å². The monoisotopic (exact) mass is 255 g/mol. The third kappa shape index (κ3) is 3.59. The van der Waals surface area contributed by atoms with Gasteiger partial charge in [-0.25, -0.2) is 13.4 Å². The van der Waals surface area contributed by atoms with E-state index in [4.69, 9.17) is 5.73 Å². The van der Waals surface area contributed by atoms with Gasteiger partial charge in [0.2, 0.25) is 10.0 Å². The van der Waals surface area contributed by atoms with Gasteiger partial charge in [0.1, 0.15) is 5.82 Å². The Balaban J connectivity index is 1.89. The van der Waals surface area contributed by atoms with Gasteiger partial charge in [-0.3, -0.25) is 4.72 Å². The van der Waals surface area contributed by atoms with Crippen LogP contribution in [0.4, 0.5) is 11.5 Å². The molecule has 0 saturated heterocycles. The van der Waals surface area contributed by atoms with Crippen LogP contribution in [-0.4, -0.2) is 19.2 Å². The predicted molar refractivity (Wildman–Crippen MR) is 68.0 cm³/mol. The molecule has 1 aromatic rings. The first-order chi connectivity index (χ1) is 8.05. The Morgan fingerprint density at radius 1 is 1.41 bits per heavy atom. The minimum absolute atomic E-state index is 0.183. The predicted octanol–water partition coefficient (Wildman–Crippen LogP) is 1.60. The lowest BCUT2D eigenvalue weighted by molar-refractivity contribution is 0.307. The van der Waals surface area contributed by atoms with E-state index in [0.717, 1.165) is 6.42 Å². The van der Waals surface area contributed by atoms with Crippen molar-refractivity contribution in [3.05, 3.63) is 18.3 Å². The molecule has 1 aliphatic carbocycles. The SMILES string of the molecule is Nc1ccc(NS(=O)(=O)CCC2CCC2)cn1. The third-order valence-corrected chi connectivity index (χ3v) is 4.40. The second-order valence-corrected chi connectivity index (χ2v) is 6.32. The van der Waals surface area contributed by atoms with Gasteiger partial charge < -0.3 is 5.73 Å². The van der Waals surface area contributed by atoms with E-state index in [2.05, 4.69) is 9.71 Å². The number of sulfonamides is 1. The molecule has 1 aromatic heterocycles. The minimum atomic E-state index is -3.25. The molecule has 0 bridgehead atoms. The average Bonchev–Trinajstić information content (AvgIpc) is 2.19. The van der Waals surface area contributed by atoms with Crippen LogP contribution in [0.25, 0.3) is 0 Å². The number of rotatable bonds is 5. The summed E-state index contributed by atoms with van der Waals surface area (Å²) in [6.07, 6.45) is 5.74. The van der Waals surface area contributed by atoms with E-state index in [0.29, 0.717) is 17.4 Å². The van der Waals surface area contributed by atoms with Gasteiger partial charge >= 0.3 is 0 Å². The normalized spacial score (nSPS) is 16.5. The molecule has 0 unspecified atom stereocenters. The number of hydrogen-bond acceptors (Lipinski definition) is 4. The maximum Gasteiger partial charge on any atom is 0.232 e. The highest BCUT2D eigenvalue weighted by atomic mass is 32.2. The van der Waals surface area contributed by atoms with Crippen molar-refractivity contribution in [2.45, 2.75) is 25.7 Å². The minimum Gasteiger partial charge on any atom is -0.384 e. The molecule has 0 amide bonds. The summed E-state index contributed by atoms with van der Waals surface area (Å²) in [5.74, 6) is 1.15. The second-order valence-electron chi connectivity index (χ2n) is 4.48. The quantitative estimate of drug-likeness (QED) is 0.836. The third-order valence-electron chi connectivity index (χ3n) is 3.08. The first kappa shape index (κ1) is 12.2. The molecule has 0 aliphatic heterocycles. The van der Waals surface area contributed by atoms with Crippen LogP contribution in [0.1, 0.15) is 25.7 Å². The molecule has 0 aromatic carbocycles. The van der Waals surface area contributed by atoms with Gasteiger partial charge in [-0.05, 0) is 24.5 Å². The number of nitrogens with zero attached hydrogens (tertiary/aromatic N) is 1. The molecule has 94 valence electrons. The molecule has 3 N–H and O–H groups in total. The number of pyridine rings is 1. The number of nitrogens with one attached hydrogen (secondary N) is 1. The maximum absolute atomic E-state index is 11.8. The first-order valence-electron chi connectivity index (χ1n) is 5.77. The van der Waals surface area contributed by atoms with Crippen molar-refractivity contribution in [3.8, 4) is 0 Å². The summed E-state index contributed by atoms with van der Waals surface area (Å²) in [7, 11) is -3.25. The Morgan fingerprint density at radius 2 is 2.18 bits per heavy atom. The summed E-state index contributed by atoms with van der Waals surface area (Å²) in [4.78, 5) is 3.84. The summed E-state index contributed by atoms with van der Waals surface area (Å²) >= 11 is 0. The van der Waals surface area contributed by atoms with E-state index in [1.54, 1.807) is 12.1 Å². The first-order valence-corrected chi connectivity index (χ1v) is 7.42. The summed E-state index contributed by atoms with van der Waals surface area (Å²) in [5.41, 5.74) is 5.89. The lowest BCUT2D eigenvalue weighted by Crippen LogP contribution is -2.21. The highest BCUT2D eigenvalue weighted by Gasteiger charge is 2.20. The van der Waals surface area contributed by atoms with Crippen LogP contribution in [0, 0.1) is 5.92 Å². The smallest absolute Gasteiger partial charge is 0.232 e. The standard InChI is InChI=1S/C11H17N3O2S/c12-11-5-4-10(8-13-11)14-17(15,16)7-6-9-2-1-3-9/h4-5,8-9,14H,1-3,6-7H2,(H2,12,13). The summed E-state index contributed by atoms with van der Waals surface area (Å²) < 4.78 is 26.0. The van der Waals surface area contributed by atoms with Crippen LogP contribution in [-0.2, 0) is 10.0 Å². The highest BCUT2D eigenvalue weighted by molar-refractivity contribution is 7.92. The molecule has 2 rings (SSSR count). The molecule has 1 aliphatic rings. The molecular formula is C11H17N3O2S. The fourth-order valence-corrected chi connectivity index (χ4v) is 3.03. The molecule has 1 fully saturated rings. The summed E-state index contributed by atoms with van der Waals surface area (Å²) in [6, 6.07) is 3.19. The molecule has 17 heavy (non-hydrogen) atoms. The zero-order valence-electron chi connectivity index (χ0n) is 9.59. The Hall–Kier alpha value is -1.30. The number of nitrogens with two attached hydrogens (primary N) is 1. The fraction of sp³-hybridized carbons (Fsp3) is 0.545. The van der Waals surface area contributed by atoms with Crippen LogP contribution in [0.15, 0.2) is 18.3 Å². The Labute approximate surface area is 101 Å². The van der Waals surface area contributed by atoms with Crippen molar-refractivity contribution in [1.82, 2.24) is 4.98 Å². The molecule has 5 nitrogen and oxygen atoms in total. The largest absolute Gasteiger partial charge is 0.384 e. The Bertz CT molecular complexity index is 466. The fourth-order valence-electron chi connectivity index (χ4n) is 1.80. The maximum atomic E-state index is 11.8. The summed E-state index contributed by atoms with van der Waals surface area (Å²) in [6.45, 7) is 0. The zero-order valence-corrected chi connectivity index (χ0v) is 10.4. The van der Waals surface area contributed by atoms with Crippen molar-refractivity contribution in [1.29, 1.82) is 0 Å². The van der Waals surface area contributed by atoms with Gasteiger partial charge in [-0.1, -0.05) is 19.3 Å². The van der Waals surface area contributed by atoms with E-state index in [9.17, 15) is 8.42 Å². The molecular weight excluding hydrogens is 238 g/mol. The summed E-state index contributed by atoms with van der Waals surface area (Å²) in [5, 5.41) is 0. The van der Waals surface area contributed by atoms with Gasteiger partial charge in [-0.15, -0.1) is 0 Å². The van der Waals surface area contributed by atoms with E-state index in [1.165, 1.54) is 25.5 Å². The van der Waals surface area contributed by atoms with Crippen LogP contribution in [0.2, 0.25) is 0 Å². The lowest BCUT2D eigenvalue weighted by Gasteiger charge is -2.24. The van der Waals surface area contributed by atoms with Gasteiger partial charge in [0.15, 0.2) is 0 Å². The topological polar surface area (TPSA) is 85.1 Å². The van der Waals surface area contributed by atoms with Crippen LogP contribution in [0.3, 0.4) is 0 Å². The van der Waals surface area contributed by atoms with Crippen LogP contribution in [0.5, 0.6) is 0 Å². The molecule has 6 heteroatoms. The lowest BCUT2D eigenvalue weighted by atomic mass is 9.84. The molecule has 0 radical (unpaired) electrons. The van der Waals surface area contributed by atoms with Gasteiger partial charge in [0, 0.05) is 0 Å². The van der Waals surface area contributed by atoms with Crippen molar-refractivity contribution in [2.75, 3.05) is 16.2 Å². The molecule has 1 saturated carbocycles. The van der Waals surface area contributed by atoms with Gasteiger partial charge in [0.05, 0.1) is 17.6 Å². The number of nitrogen functional groups attached to an aromatic ring is 1. The molecule has 0 spiro atoms.